The van der Waals surface area contributed by atoms with Crippen molar-refractivity contribution in [3.63, 3.8) is 0 Å². The van der Waals surface area contributed by atoms with Crippen LogP contribution in [0.2, 0.25) is 0 Å². The molecule has 0 amide bonds. The third kappa shape index (κ3) is 6.01. The van der Waals surface area contributed by atoms with Gasteiger partial charge < -0.3 is 9.84 Å². The number of hydrogen-bond donors (Lipinski definition) is 1. The molecule has 1 N–H and O–H groups in total. The summed E-state index contributed by atoms with van der Waals surface area (Å²) in [6, 6.07) is 0. The zero-order chi connectivity index (χ0) is 14.1. The Balaban J connectivity index is 2.53. The van der Waals surface area contributed by atoms with Crippen LogP contribution < -0.4 is 4.74 Å². The second-order valence-electron chi connectivity index (χ2n) is 5.31. The smallest absolute Gasteiger partial charge is 0.155 e. The maximum Gasteiger partial charge on any atom is 0.155 e. The van der Waals surface area contributed by atoms with E-state index in [0.29, 0.717) is 12.5 Å². The highest BCUT2D eigenvalue weighted by Crippen LogP contribution is 2.22. The van der Waals surface area contributed by atoms with Gasteiger partial charge in [-0.1, -0.05) is 27.2 Å². The van der Waals surface area contributed by atoms with Gasteiger partial charge in [-0.15, -0.1) is 0 Å². The molecule has 0 bridgehead atoms. The Morgan fingerprint density at radius 3 is 2.37 bits per heavy atom. The molecule has 19 heavy (non-hydrogen) atoms. The van der Waals surface area contributed by atoms with Crippen molar-refractivity contribution in [2.24, 2.45) is 5.92 Å². The molecule has 1 atom stereocenters. The van der Waals surface area contributed by atoms with Gasteiger partial charge in [0.1, 0.15) is 5.82 Å². The molecule has 1 rings (SSSR count). The average Bonchev–Trinajstić information content (AvgIpc) is 2.39. The lowest BCUT2D eigenvalue weighted by Gasteiger charge is -2.13. The average molecular weight is 266 g/mol. The highest BCUT2D eigenvalue weighted by molar-refractivity contribution is 5.13. The highest BCUT2D eigenvalue weighted by atomic mass is 16.5. The normalized spacial score (nSPS) is 12.7. The Bertz CT molecular complexity index is 333. The molecular weight excluding hydrogens is 240 g/mol. The largest absolute Gasteiger partial charge is 0.490 e. The van der Waals surface area contributed by atoms with Gasteiger partial charge in [-0.05, 0) is 25.2 Å². The SMILES string of the molecule is CCCC(CCO)c1ncc(OCCC(C)C)cn1. The van der Waals surface area contributed by atoms with Gasteiger partial charge in [0.15, 0.2) is 5.75 Å². The van der Waals surface area contributed by atoms with E-state index in [4.69, 9.17) is 9.84 Å². The molecule has 1 aromatic heterocycles. The van der Waals surface area contributed by atoms with Crippen molar-refractivity contribution in [1.82, 2.24) is 9.97 Å². The minimum Gasteiger partial charge on any atom is -0.490 e. The van der Waals surface area contributed by atoms with Crippen LogP contribution in [0.5, 0.6) is 5.75 Å². The van der Waals surface area contributed by atoms with Gasteiger partial charge in [-0.2, -0.15) is 0 Å². The number of ether oxygens (including phenoxy) is 1. The van der Waals surface area contributed by atoms with Gasteiger partial charge in [0.05, 0.1) is 19.0 Å². The third-order valence-corrected chi connectivity index (χ3v) is 3.09. The van der Waals surface area contributed by atoms with E-state index in [1.165, 1.54) is 0 Å². The predicted molar refractivity (Wildman–Crippen MR) is 76.3 cm³/mol. The molecular formula is C15H26N2O2. The summed E-state index contributed by atoms with van der Waals surface area (Å²) >= 11 is 0. The molecule has 0 aliphatic heterocycles. The first kappa shape index (κ1) is 15.9. The summed E-state index contributed by atoms with van der Waals surface area (Å²) in [6.07, 6.45) is 7.31. The summed E-state index contributed by atoms with van der Waals surface area (Å²) in [7, 11) is 0. The second-order valence-corrected chi connectivity index (χ2v) is 5.31. The van der Waals surface area contributed by atoms with E-state index >= 15 is 0 Å². The maximum absolute atomic E-state index is 9.07. The first-order valence-electron chi connectivity index (χ1n) is 7.23. The standard InChI is InChI=1S/C15H26N2O2/c1-4-5-13(6-8-18)15-16-10-14(11-17-15)19-9-7-12(2)3/h10-13,18H,4-9H2,1-3H3. The topological polar surface area (TPSA) is 55.2 Å². The van der Waals surface area contributed by atoms with E-state index in [0.717, 1.165) is 37.3 Å². The Morgan fingerprint density at radius 2 is 1.84 bits per heavy atom. The molecule has 0 aliphatic carbocycles. The van der Waals surface area contributed by atoms with Crippen LogP contribution in [0.1, 0.15) is 58.2 Å². The fourth-order valence-corrected chi connectivity index (χ4v) is 1.93. The monoisotopic (exact) mass is 266 g/mol. The molecule has 0 fully saturated rings. The maximum atomic E-state index is 9.07. The van der Waals surface area contributed by atoms with E-state index in [1.54, 1.807) is 12.4 Å². The zero-order valence-corrected chi connectivity index (χ0v) is 12.3. The Kier molecular flexibility index (Phi) is 7.41. The summed E-state index contributed by atoms with van der Waals surface area (Å²) in [5, 5.41) is 9.07. The summed E-state index contributed by atoms with van der Waals surface area (Å²) in [6.45, 7) is 7.37. The number of aromatic nitrogens is 2. The Hall–Kier alpha value is -1.16. The van der Waals surface area contributed by atoms with Crippen molar-refractivity contribution in [3.8, 4) is 5.75 Å². The van der Waals surface area contributed by atoms with Crippen LogP contribution in [0.4, 0.5) is 0 Å². The molecule has 0 saturated carbocycles. The van der Waals surface area contributed by atoms with Crippen molar-refractivity contribution in [3.05, 3.63) is 18.2 Å². The van der Waals surface area contributed by atoms with Gasteiger partial charge in [-0.25, -0.2) is 9.97 Å². The lowest BCUT2D eigenvalue weighted by atomic mass is 9.99. The predicted octanol–water partition coefficient (Wildman–Crippen LogP) is 3.17. The van der Waals surface area contributed by atoms with Crippen molar-refractivity contribution < 1.29 is 9.84 Å². The van der Waals surface area contributed by atoms with Crippen LogP contribution >= 0.6 is 0 Å². The number of rotatable bonds is 9. The minimum atomic E-state index is 0.181. The van der Waals surface area contributed by atoms with E-state index in [9.17, 15) is 0 Å². The van der Waals surface area contributed by atoms with Gasteiger partial charge in [0, 0.05) is 12.5 Å². The molecule has 0 spiro atoms. The van der Waals surface area contributed by atoms with Crippen molar-refractivity contribution >= 4 is 0 Å². The summed E-state index contributed by atoms with van der Waals surface area (Å²) < 4.78 is 5.60. The first-order valence-corrected chi connectivity index (χ1v) is 7.23. The highest BCUT2D eigenvalue weighted by Gasteiger charge is 2.13. The van der Waals surface area contributed by atoms with Crippen LogP contribution in [0, 0.1) is 5.92 Å². The zero-order valence-electron chi connectivity index (χ0n) is 12.3. The van der Waals surface area contributed by atoms with Crippen LogP contribution in [0.3, 0.4) is 0 Å². The first-order chi connectivity index (χ1) is 9.17. The van der Waals surface area contributed by atoms with Gasteiger partial charge >= 0.3 is 0 Å². The van der Waals surface area contributed by atoms with E-state index in [1.807, 2.05) is 0 Å². The van der Waals surface area contributed by atoms with E-state index in [-0.39, 0.29) is 12.5 Å². The Morgan fingerprint density at radius 1 is 1.16 bits per heavy atom. The number of aliphatic hydroxyl groups excluding tert-OH is 1. The van der Waals surface area contributed by atoms with Gasteiger partial charge in [0.2, 0.25) is 0 Å². The molecule has 108 valence electrons. The number of nitrogens with zero attached hydrogens (tertiary/aromatic N) is 2. The van der Waals surface area contributed by atoms with E-state index < -0.39 is 0 Å². The van der Waals surface area contributed by atoms with Crippen molar-refractivity contribution in [2.45, 2.75) is 52.4 Å². The molecule has 0 aliphatic rings. The van der Waals surface area contributed by atoms with Crippen LogP contribution in [-0.2, 0) is 0 Å². The number of aliphatic hydroxyl groups is 1. The van der Waals surface area contributed by atoms with Crippen molar-refractivity contribution in [1.29, 1.82) is 0 Å². The van der Waals surface area contributed by atoms with Crippen LogP contribution in [0.15, 0.2) is 12.4 Å². The fourth-order valence-electron chi connectivity index (χ4n) is 1.93. The molecule has 1 heterocycles. The quantitative estimate of drug-likeness (QED) is 0.746. The van der Waals surface area contributed by atoms with Crippen LogP contribution in [0.25, 0.3) is 0 Å². The van der Waals surface area contributed by atoms with Crippen molar-refractivity contribution in [2.75, 3.05) is 13.2 Å². The summed E-state index contributed by atoms with van der Waals surface area (Å²) in [5.74, 6) is 2.43. The molecule has 0 saturated heterocycles. The fraction of sp³-hybridized carbons (Fsp3) is 0.733. The molecule has 0 radical (unpaired) electrons. The summed E-state index contributed by atoms with van der Waals surface area (Å²) in [4.78, 5) is 8.73. The minimum absolute atomic E-state index is 0.181. The van der Waals surface area contributed by atoms with E-state index in [2.05, 4.69) is 30.7 Å². The Labute approximate surface area is 116 Å². The molecule has 4 heteroatoms. The lowest BCUT2D eigenvalue weighted by molar-refractivity contribution is 0.269. The molecule has 1 aromatic rings. The molecule has 4 nitrogen and oxygen atoms in total. The number of hydrogen-bond acceptors (Lipinski definition) is 4. The van der Waals surface area contributed by atoms with Gasteiger partial charge in [-0.3, -0.25) is 0 Å². The second kappa shape index (κ2) is 8.86. The summed E-state index contributed by atoms with van der Waals surface area (Å²) in [5.41, 5.74) is 0. The lowest BCUT2D eigenvalue weighted by Crippen LogP contribution is -2.07. The third-order valence-electron chi connectivity index (χ3n) is 3.09. The molecule has 0 aromatic carbocycles. The van der Waals surface area contributed by atoms with Crippen LogP contribution in [-0.4, -0.2) is 28.3 Å². The molecule has 1 unspecified atom stereocenters. The van der Waals surface area contributed by atoms with Gasteiger partial charge in [0.25, 0.3) is 0 Å².